The molecule has 0 aromatic heterocycles. The molecule has 0 radical (unpaired) electrons. The largest absolute Gasteiger partial charge is 0.459 e. The summed E-state index contributed by atoms with van der Waals surface area (Å²) in [5, 5.41) is 0. The quantitative estimate of drug-likeness (QED) is 0.321. The lowest BCUT2D eigenvalue weighted by Gasteiger charge is -2.23. The molecule has 118 valence electrons. The Bertz CT molecular complexity index is 444. The summed E-state index contributed by atoms with van der Waals surface area (Å²) in [7, 11) is 0. The van der Waals surface area contributed by atoms with Crippen molar-refractivity contribution in [2.45, 2.75) is 71.8 Å². The standard InChI is InChI=1S/C18H28O3/c1-5-6-7-8-9-10-13-14-11-12-15(19)18(13,14)16(20)21-17(2,3)4/h9-10,13-14H,5-8,11-12H2,1-4H3/b10-9+. The third kappa shape index (κ3) is 3.07. The van der Waals surface area contributed by atoms with Crippen molar-refractivity contribution < 1.29 is 14.3 Å². The van der Waals surface area contributed by atoms with E-state index in [2.05, 4.69) is 19.1 Å². The zero-order valence-electron chi connectivity index (χ0n) is 13.8. The number of carbonyl (C=O) groups is 2. The summed E-state index contributed by atoms with van der Waals surface area (Å²) in [5.74, 6) is 0.0492. The minimum atomic E-state index is -0.839. The van der Waals surface area contributed by atoms with Gasteiger partial charge in [-0.1, -0.05) is 31.9 Å². The molecule has 2 rings (SSSR count). The van der Waals surface area contributed by atoms with Crippen molar-refractivity contribution in [3.8, 4) is 0 Å². The highest BCUT2D eigenvalue weighted by Gasteiger charge is 2.76. The van der Waals surface area contributed by atoms with Crippen molar-refractivity contribution >= 4 is 11.8 Å². The van der Waals surface area contributed by atoms with Crippen LogP contribution in [0.5, 0.6) is 0 Å². The monoisotopic (exact) mass is 292 g/mol. The molecule has 3 unspecified atom stereocenters. The van der Waals surface area contributed by atoms with Crippen molar-refractivity contribution in [1.82, 2.24) is 0 Å². The van der Waals surface area contributed by atoms with E-state index >= 15 is 0 Å². The van der Waals surface area contributed by atoms with E-state index in [-0.39, 0.29) is 23.6 Å². The van der Waals surface area contributed by atoms with Gasteiger partial charge in [0.25, 0.3) is 0 Å². The number of carbonyl (C=O) groups excluding carboxylic acids is 2. The number of allylic oxidation sites excluding steroid dienone is 2. The summed E-state index contributed by atoms with van der Waals surface area (Å²) in [6.45, 7) is 7.75. The number of fused-ring (bicyclic) bond motifs is 1. The molecule has 0 saturated heterocycles. The van der Waals surface area contributed by atoms with E-state index in [9.17, 15) is 9.59 Å². The fourth-order valence-corrected chi connectivity index (χ4v) is 3.59. The lowest BCUT2D eigenvalue weighted by molar-refractivity contribution is -0.164. The summed E-state index contributed by atoms with van der Waals surface area (Å²) in [6.07, 6.45) is 10.3. The molecule has 3 atom stereocenters. The number of ketones is 1. The van der Waals surface area contributed by atoms with Crippen molar-refractivity contribution in [2.75, 3.05) is 0 Å². The second kappa shape index (κ2) is 5.94. The molecule has 0 bridgehead atoms. The first-order valence-electron chi connectivity index (χ1n) is 8.27. The van der Waals surface area contributed by atoms with Crippen LogP contribution >= 0.6 is 0 Å². The van der Waals surface area contributed by atoms with E-state index in [0.29, 0.717) is 6.42 Å². The topological polar surface area (TPSA) is 43.4 Å². The molecule has 0 aromatic rings. The van der Waals surface area contributed by atoms with Crippen LogP contribution in [0.3, 0.4) is 0 Å². The zero-order valence-corrected chi connectivity index (χ0v) is 13.8. The molecule has 0 amide bonds. The van der Waals surface area contributed by atoms with Crippen molar-refractivity contribution in [3.05, 3.63) is 12.2 Å². The van der Waals surface area contributed by atoms with Gasteiger partial charge >= 0.3 is 5.97 Å². The van der Waals surface area contributed by atoms with E-state index < -0.39 is 11.0 Å². The smallest absolute Gasteiger partial charge is 0.321 e. The third-order valence-corrected chi connectivity index (χ3v) is 4.63. The maximum atomic E-state index is 12.5. The summed E-state index contributed by atoms with van der Waals surface area (Å²) >= 11 is 0. The Balaban J connectivity index is 2.01. The summed E-state index contributed by atoms with van der Waals surface area (Å²) < 4.78 is 5.52. The van der Waals surface area contributed by atoms with E-state index in [1.807, 2.05) is 20.8 Å². The van der Waals surface area contributed by atoms with Gasteiger partial charge in [-0.3, -0.25) is 9.59 Å². The van der Waals surface area contributed by atoms with E-state index in [4.69, 9.17) is 4.74 Å². The van der Waals surface area contributed by atoms with E-state index in [1.54, 1.807) is 0 Å². The molecule has 0 aromatic carbocycles. The predicted octanol–water partition coefficient (Wildman–Crippen LogP) is 4.06. The van der Waals surface area contributed by atoms with Crippen LogP contribution in [0.2, 0.25) is 0 Å². The number of ether oxygens (including phenoxy) is 1. The van der Waals surface area contributed by atoms with Crippen LogP contribution in [-0.2, 0) is 14.3 Å². The summed E-state index contributed by atoms with van der Waals surface area (Å²) in [5.41, 5.74) is -1.37. The van der Waals surface area contributed by atoms with Gasteiger partial charge in [0.15, 0.2) is 5.78 Å². The van der Waals surface area contributed by atoms with Crippen LogP contribution < -0.4 is 0 Å². The number of hydrogen-bond acceptors (Lipinski definition) is 3. The van der Waals surface area contributed by atoms with Gasteiger partial charge in [-0.2, -0.15) is 0 Å². The van der Waals surface area contributed by atoms with Crippen molar-refractivity contribution in [2.24, 2.45) is 17.3 Å². The Hall–Kier alpha value is -1.12. The predicted molar refractivity (Wildman–Crippen MR) is 82.8 cm³/mol. The fraction of sp³-hybridized carbons (Fsp3) is 0.778. The van der Waals surface area contributed by atoms with Gasteiger partial charge < -0.3 is 4.74 Å². The SMILES string of the molecule is CCCCC/C=C/C1C2CCC(=O)C12C(=O)OC(C)(C)C. The van der Waals surface area contributed by atoms with Crippen LogP contribution in [0, 0.1) is 17.3 Å². The average molecular weight is 292 g/mol. The molecule has 3 heteroatoms. The fourth-order valence-electron chi connectivity index (χ4n) is 3.59. The number of hydrogen-bond donors (Lipinski definition) is 0. The van der Waals surface area contributed by atoms with E-state index in [1.165, 1.54) is 19.3 Å². The minimum Gasteiger partial charge on any atom is -0.459 e. The zero-order chi connectivity index (χ0) is 15.7. The van der Waals surface area contributed by atoms with Crippen LogP contribution in [0.15, 0.2) is 12.2 Å². The van der Waals surface area contributed by atoms with Gasteiger partial charge in [0, 0.05) is 12.3 Å². The minimum absolute atomic E-state index is 0.0789. The maximum Gasteiger partial charge on any atom is 0.321 e. The first-order chi connectivity index (χ1) is 9.84. The Morgan fingerprint density at radius 3 is 2.71 bits per heavy atom. The number of unbranched alkanes of at least 4 members (excludes halogenated alkanes) is 3. The number of rotatable bonds is 6. The molecule has 0 spiro atoms. The van der Waals surface area contributed by atoms with Gasteiger partial charge in [-0.15, -0.1) is 0 Å². The van der Waals surface area contributed by atoms with Gasteiger partial charge in [-0.25, -0.2) is 0 Å². The Morgan fingerprint density at radius 2 is 2.10 bits per heavy atom. The van der Waals surface area contributed by atoms with Crippen LogP contribution in [0.25, 0.3) is 0 Å². The van der Waals surface area contributed by atoms with Gasteiger partial charge in [0.2, 0.25) is 0 Å². The summed E-state index contributed by atoms with van der Waals surface area (Å²) in [6, 6.07) is 0. The van der Waals surface area contributed by atoms with Gasteiger partial charge in [0.05, 0.1) is 0 Å². The molecule has 0 N–H and O–H groups in total. The van der Waals surface area contributed by atoms with Gasteiger partial charge in [-0.05, 0) is 46.0 Å². The van der Waals surface area contributed by atoms with Crippen LogP contribution in [0.1, 0.15) is 66.2 Å². The van der Waals surface area contributed by atoms with Crippen LogP contribution in [-0.4, -0.2) is 17.4 Å². The molecule has 2 saturated carbocycles. The highest BCUT2D eigenvalue weighted by atomic mass is 16.6. The van der Waals surface area contributed by atoms with Gasteiger partial charge in [0.1, 0.15) is 11.0 Å². The van der Waals surface area contributed by atoms with E-state index in [0.717, 1.165) is 12.8 Å². The summed E-state index contributed by atoms with van der Waals surface area (Å²) in [4.78, 5) is 24.8. The maximum absolute atomic E-state index is 12.5. The Kier molecular flexibility index (Phi) is 4.60. The molecule has 2 fully saturated rings. The first kappa shape index (κ1) is 16.3. The van der Waals surface area contributed by atoms with Crippen molar-refractivity contribution in [1.29, 1.82) is 0 Å². The average Bonchev–Trinajstić information content (AvgIpc) is 2.89. The molecule has 21 heavy (non-hydrogen) atoms. The highest BCUT2D eigenvalue weighted by molar-refractivity contribution is 6.10. The number of Topliss-reactive ketones (excluding diaryl/α,β-unsaturated/α-hetero) is 1. The van der Waals surface area contributed by atoms with Crippen molar-refractivity contribution in [3.63, 3.8) is 0 Å². The number of esters is 1. The second-order valence-corrected chi connectivity index (χ2v) is 7.39. The van der Waals surface area contributed by atoms with Crippen LogP contribution in [0.4, 0.5) is 0 Å². The lowest BCUT2D eigenvalue weighted by atomic mass is 9.97. The lowest BCUT2D eigenvalue weighted by Crippen LogP contribution is -2.34. The third-order valence-electron chi connectivity index (χ3n) is 4.63. The highest BCUT2D eigenvalue weighted by Crippen LogP contribution is 2.67. The molecule has 0 aliphatic heterocycles. The molecular formula is C18H28O3. The Morgan fingerprint density at radius 1 is 1.38 bits per heavy atom. The molecule has 2 aliphatic rings. The molecule has 3 nitrogen and oxygen atoms in total. The first-order valence-corrected chi connectivity index (χ1v) is 8.27. The molecular weight excluding hydrogens is 264 g/mol. The second-order valence-electron chi connectivity index (χ2n) is 7.39. The molecule has 0 heterocycles. The Labute approximate surface area is 128 Å². The normalized spacial score (nSPS) is 31.5. The molecule has 2 aliphatic carbocycles.